The van der Waals surface area contributed by atoms with Gasteiger partial charge < -0.3 is 5.73 Å². The number of aryl methyl sites for hydroxylation is 2. The molecule has 3 aromatic rings. The molecular weight excluding hydrogens is 312 g/mol. The highest BCUT2D eigenvalue weighted by molar-refractivity contribution is 6.02. The van der Waals surface area contributed by atoms with Crippen LogP contribution in [0.1, 0.15) is 16.1 Å². The first-order valence-corrected chi connectivity index (χ1v) is 7.28. The minimum Gasteiger partial charge on any atom is -0.365 e. The average Bonchev–Trinajstić information content (AvgIpc) is 2.82. The zero-order chi connectivity index (χ0) is 17.4. The largest absolute Gasteiger partial charge is 0.365 e. The molecule has 0 saturated heterocycles. The van der Waals surface area contributed by atoms with Gasteiger partial charge in [0.05, 0.1) is 17.0 Å². The van der Waals surface area contributed by atoms with Crippen molar-refractivity contribution in [2.24, 2.45) is 12.8 Å². The van der Waals surface area contributed by atoms with Gasteiger partial charge in [-0.25, -0.2) is 8.78 Å². The summed E-state index contributed by atoms with van der Waals surface area (Å²) < 4.78 is 29.5. The van der Waals surface area contributed by atoms with Gasteiger partial charge in [0.2, 0.25) is 0 Å². The van der Waals surface area contributed by atoms with Crippen LogP contribution in [-0.4, -0.2) is 15.7 Å². The summed E-state index contributed by atoms with van der Waals surface area (Å²) in [5.74, 6) is -1.63. The van der Waals surface area contributed by atoms with Crippen LogP contribution in [0.2, 0.25) is 0 Å². The Morgan fingerprint density at radius 1 is 1.08 bits per heavy atom. The van der Waals surface area contributed by atoms with Crippen LogP contribution in [0.15, 0.2) is 42.5 Å². The van der Waals surface area contributed by atoms with Crippen molar-refractivity contribution in [2.45, 2.75) is 6.92 Å². The van der Waals surface area contributed by atoms with Crippen LogP contribution in [0.25, 0.3) is 22.4 Å². The van der Waals surface area contributed by atoms with Gasteiger partial charge >= 0.3 is 0 Å². The average molecular weight is 327 g/mol. The number of rotatable bonds is 3. The fraction of sp³-hybridized carbons (Fsp3) is 0.111. The van der Waals surface area contributed by atoms with E-state index in [1.807, 2.05) is 0 Å². The van der Waals surface area contributed by atoms with E-state index in [2.05, 4.69) is 5.10 Å². The molecule has 0 saturated carbocycles. The van der Waals surface area contributed by atoms with Crippen molar-refractivity contribution in [3.05, 3.63) is 65.4 Å². The number of hydrogen-bond donors (Lipinski definition) is 1. The van der Waals surface area contributed by atoms with Crippen molar-refractivity contribution in [3.63, 3.8) is 0 Å². The lowest BCUT2D eigenvalue weighted by Crippen LogP contribution is -2.13. The maximum Gasteiger partial charge on any atom is 0.252 e. The monoisotopic (exact) mass is 327 g/mol. The van der Waals surface area contributed by atoms with Crippen LogP contribution >= 0.6 is 0 Å². The van der Waals surface area contributed by atoms with Gasteiger partial charge in [0.15, 0.2) is 0 Å². The number of aromatic nitrogens is 2. The number of hydrogen-bond acceptors (Lipinski definition) is 2. The molecule has 4 nitrogen and oxygen atoms in total. The van der Waals surface area contributed by atoms with E-state index in [-0.39, 0.29) is 11.1 Å². The molecule has 122 valence electrons. The second-order valence-electron chi connectivity index (χ2n) is 5.47. The number of carbonyl (C=O) groups excluding carboxylic acids is 1. The predicted octanol–water partition coefficient (Wildman–Crippen LogP) is 3.44. The van der Waals surface area contributed by atoms with Crippen LogP contribution < -0.4 is 5.73 Å². The molecule has 0 aliphatic carbocycles. The Bertz CT molecular complexity index is 947. The minimum atomic E-state index is -0.639. The summed E-state index contributed by atoms with van der Waals surface area (Å²) in [6, 6.07) is 10.1. The summed E-state index contributed by atoms with van der Waals surface area (Å²) >= 11 is 0. The molecule has 0 fully saturated rings. The standard InChI is InChI=1S/C18H15F2N3O/c1-10-16(18(21)24)17(23(2)22-10)13-8-7-11(19)9-14(13)12-5-3-4-6-15(12)20/h3-9H,1-2H3,(H2,21,24). The van der Waals surface area contributed by atoms with E-state index >= 15 is 0 Å². The first-order valence-electron chi connectivity index (χ1n) is 7.28. The van der Waals surface area contributed by atoms with Gasteiger partial charge in [-0.1, -0.05) is 18.2 Å². The van der Waals surface area contributed by atoms with Gasteiger partial charge in [-0.05, 0) is 36.8 Å². The maximum atomic E-state index is 14.2. The Hall–Kier alpha value is -3.02. The summed E-state index contributed by atoms with van der Waals surface area (Å²) in [6.07, 6.45) is 0. The second-order valence-corrected chi connectivity index (χ2v) is 5.47. The smallest absolute Gasteiger partial charge is 0.252 e. The molecule has 1 aromatic heterocycles. The van der Waals surface area contributed by atoms with Gasteiger partial charge in [-0.15, -0.1) is 0 Å². The van der Waals surface area contributed by atoms with E-state index in [9.17, 15) is 13.6 Å². The molecule has 1 amide bonds. The highest BCUT2D eigenvalue weighted by Crippen LogP contribution is 2.36. The van der Waals surface area contributed by atoms with Crippen LogP contribution in [-0.2, 0) is 7.05 Å². The van der Waals surface area contributed by atoms with Crippen molar-refractivity contribution in [2.75, 3.05) is 0 Å². The normalized spacial score (nSPS) is 10.8. The summed E-state index contributed by atoms with van der Waals surface area (Å²) in [5.41, 5.74) is 7.66. The van der Waals surface area contributed by atoms with Crippen molar-refractivity contribution in [1.29, 1.82) is 0 Å². The minimum absolute atomic E-state index is 0.237. The Labute approximate surface area is 137 Å². The SMILES string of the molecule is Cc1nn(C)c(-c2ccc(F)cc2-c2ccccc2F)c1C(N)=O. The molecule has 0 bridgehead atoms. The van der Waals surface area contributed by atoms with Crippen LogP contribution in [0.5, 0.6) is 0 Å². The number of primary amides is 1. The number of benzene rings is 2. The van der Waals surface area contributed by atoms with Gasteiger partial charge in [-0.3, -0.25) is 9.48 Å². The van der Waals surface area contributed by atoms with Crippen LogP contribution in [0.3, 0.4) is 0 Å². The van der Waals surface area contributed by atoms with Crippen molar-refractivity contribution in [3.8, 4) is 22.4 Å². The first-order chi connectivity index (χ1) is 11.4. The Morgan fingerprint density at radius 3 is 2.46 bits per heavy atom. The molecule has 6 heteroatoms. The molecule has 0 atom stereocenters. The number of amides is 1. The molecule has 2 aromatic carbocycles. The number of halogens is 2. The first kappa shape index (κ1) is 15.9. The van der Waals surface area contributed by atoms with Crippen molar-refractivity contribution in [1.82, 2.24) is 9.78 Å². The van der Waals surface area contributed by atoms with E-state index in [1.54, 1.807) is 32.2 Å². The van der Waals surface area contributed by atoms with Crippen LogP contribution in [0.4, 0.5) is 8.78 Å². The number of nitrogens with zero attached hydrogens (tertiary/aromatic N) is 2. The molecule has 0 spiro atoms. The molecule has 1 heterocycles. The fourth-order valence-electron chi connectivity index (χ4n) is 2.89. The summed E-state index contributed by atoms with van der Waals surface area (Å²) in [6.45, 7) is 1.66. The molecule has 3 rings (SSSR count). The predicted molar refractivity (Wildman–Crippen MR) is 87.3 cm³/mol. The highest BCUT2D eigenvalue weighted by atomic mass is 19.1. The van der Waals surface area contributed by atoms with Gasteiger partial charge in [0.25, 0.3) is 5.91 Å². The third-order valence-electron chi connectivity index (χ3n) is 3.87. The van der Waals surface area contributed by atoms with E-state index in [1.165, 1.54) is 28.9 Å². The van der Waals surface area contributed by atoms with E-state index < -0.39 is 17.5 Å². The lowest BCUT2D eigenvalue weighted by molar-refractivity contribution is 0.100. The number of nitrogens with two attached hydrogens (primary N) is 1. The second kappa shape index (κ2) is 5.88. The van der Waals surface area contributed by atoms with E-state index in [4.69, 9.17) is 5.73 Å². The van der Waals surface area contributed by atoms with Crippen LogP contribution in [0, 0.1) is 18.6 Å². The molecule has 0 aliphatic rings. The Balaban J connectivity index is 2.36. The lowest BCUT2D eigenvalue weighted by atomic mass is 9.94. The Kier molecular flexibility index (Phi) is 3.89. The topological polar surface area (TPSA) is 60.9 Å². The zero-order valence-electron chi connectivity index (χ0n) is 13.2. The van der Waals surface area contributed by atoms with E-state index in [0.29, 0.717) is 22.5 Å². The summed E-state index contributed by atoms with van der Waals surface area (Å²) in [4.78, 5) is 11.8. The lowest BCUT2D eigenvalue weighted by Gasteiger charge is -2.12. The summed E-state index contributed by atoms with van der Waals surface area (Å²) in [7, 11) is 1.66. The molecule has 0 radical (unpaired) electrons. The molecule has 24 heavy (non-hydrogen) atoms. The summed E-state index contributed by atoms with van der Waals surface area (Å²) in [5, 5.41) is 4.22. The highest BCUT2D eigenvalue weighted by Gasteiger charge is 2.23. The van der Waals surface area contributed by atoms with Gasteiger partial charge in [-0.2, -0.15) is 5.10 Å². The molecule has 2 N–H and O–H groups in total. The molecule has 0 unspecified atom stereocenters. The molecular formula is C18H15F2N3O. The third-order valence-corrected chi connectivity index (χ3v) is 3.87. The zero-order valence-corrected chi connectivity index (χ0v) is 13.2. The molecule has 0 aliphatic heterocycles. The fourth-order valence-corrected chi connectivity index (χ4v) is 2.89. The third kappa shape index (κ3) is 2.56. The van der Waals surface area contributed by atoms with Crippen molar-refractivity contribution < 1.29 is 13.6 Å². The maximum absolute atomic E-state index is 14.2. The number of carbonyl (C=O) groups is 1. The van der Waals surface area contributed by atoms with Crippen molar-refractivity contribution >= 4 is 5.91 Å². The van der Waals surface area contributed by atoms with Gasteiger partial charge in [0, 0.05) is 18.2 Å². The van der Waals surface area contributed by atoms with Gasteiger partial charge in [0.1, 0.15) is 11.6 Å². The van der Waals surface area contributed by atoms with E-state index in [0.717, 1.165) is 0 Å². The Morgan fingerprint density at radius 2 is 1.79 bits per heavy atom. The quantitative estimate of drug-likeness (QED) is 0.801.